The van der Waals surface area contributed by atoms with Gasteiger partial charge in [0.2, 0.25) is 0 Å². The molecule has 0 aliphatic carbocycles. The number of nitrogens with zero attached hydrogens (tertiary/aromatic N) is 5. The number of hydrogen-bond donors (Lipinski definition) is 1. The van der Waals surface area contributed by atoms with Crippen molar-refractivity contribution in [2.45, 2.75) is 58.2 Å². The maximum absolute atomic E-state index is 12.6. The molecule has 7 nitrogen and oxygen atoms in total. The summed E-state index contributed by atoms with van der Waals surface area (Å²) in [5.41, 5.74) is 1.45. The van der Waals surface area contributed by atoms with Gasteiger partial charge in [0.15, 0.2) is 0 Å². The standard InChI is InChI=1S/C19H28N6O/c1-15-6-4-5-11-24(15)13-19(2,3)21-18(26)17-9-7-16(8-10-17)12-25-14-20-22-23-25/h7-10,14-15H,4-6,11-13H2,1-3H3,(H,21,26). The van der Waals surface area contributed by atoms with E-state index in [0.29, 0.717) is 18.2 Å². The number of hydrogen-bond acceptors (Lipinski definition) is 5. The van der Waals surface area contributed by atoms with Crippen molar-refractivity contribution in [2.24, 2.45) is 0 Å². The van der Waals surface area contributed by atoms with E-state index in [-0.39, 0.29) is 11.4 Å². The van der Waals surface area contributed by atoms with Crippen molar-refractivity contribution < 1.29 is 4.79 Å². The molecule has 1 aliphatic rings. The zero-order chi connectivity index (χ0) is 18.6. The lowest BCUT2D eigenvalue weighted by Gasteiger charge is -2.39. The molecule has 0 radical (unpaired) electrons. The second-order valence-corrected chi connectivity index (χ2v) is 7.86. The smallest absolute Gasteiger partial charge is 0.251 e. The highest BCUT2D eigenvalue weighted by atomic mass is 16.1. The fraction of sp³-hybridized carbons (Fsp3) is 0.579. The summed E-state index contributed by atoms with van der Waals surface area (Å²) < 4.78 is 1.65. The molecule has 1 fully saturated rings. The average Bonchev–Trinajstić information content (AvgIpc) is 3.10. The van der Waals surface area contributed by atoms with E-state index in [1.165, 1.54) is 19.3 Å². The van der Waals surface area contributed by atoms with E-state index in [1.807, 2.05) is 24.3 Å². The molecule has 1 N–H and O–H groups in total. The van der Waals surface area contributed by atoms with E-state index in [4.69, 9.17) is 0 Å². The van der Waals surface area contributed by atoms with Crippen LogP contribution in [0.1, 0.15) is 56.0 Å². The van der Waals surface area contributed by atoms with Gasteiger partial charge in [0.25, 0.3) is 5.91 Å². The maximum atomic E-state index is 12.6. The Hall–Kier alpha value is -2.28. The number of likely N-dealkylation sites (tertiary alicyclic amines) is 1. The zero-order valence-electron chi connectivity index (χ0n) is 15.9. The third kappa shape index (κ3) is 4.88. The largest absolute Gasteiger partial charge is 0.346 e. The Morgan fingerprint density at radius 2 is 2.04 bits per heavy atom. The van der Waals surface area contributed by atoms with Gasteiger partial charge in [0.1, 0.15) is 6.33 Å². The minimum Gasteiger partial charge on any atom is -0.346 e. The summed E-state index contributed by atoms with van der Waals surface area (Å²) in [6.07, 6.45) is 5.37. The van der Waals surface area contributed by atoms with Gasteiger partial charge in [-0.1, -0.05) is 18.6 Å². The molecule has 0 spiro atoms. The predicted molar refractivity (Wildman–Crippen MR) is 99.8 cm³/mol. The molecule has 1 aliphatic heterocycles. The first-order valence-corrected chi connectivity index (χ1v) is 9.29. The van der Waals surface area contributed by atoms with Gasteiger partial charge in [-0.2, -0.15) is 0 Å². The van der Waals surface area contributed by atoms with Crippen molar-refractivity contribution in [1.29, 1.82) is 0 Å². The van der Waals surface area contributed by atoms with Crippen LogP contribution < -0.4 is 5.32 Å². The Morgan fingerprint density at radius 3 is 2.69 bits per heavy atom. The molecule has 1 aromatic carbocycles. The van der Waals surface area contributed by atoms with Crippen LogP contribution in [-0.2, 0) is 6.54 Å². The molecule has 1 aromatic heterocycles. The molecule has 1 unspecified atom stereocenters. The van der Waals surface area contributed by atoms with Crippen LogP contribution in [0.25, 0.3) is 0 Å². The van der Waals surface area contributed by atoms with E-state index < -0.39 is 0 Å². The van der Waals surface area contributed by atoms with Crippen molar-refractivity contribution >= 4 is 5.91 Å². The summed E-state index contributed by atoms with van der Waals surface area (Å²) in [7, 11) is 0. The fourth-order valence-corrected chi connectivity index (χ4v) is 3.52. The highest BCUT2D eigenvalue weighted by Crippen LogP contribution is 2.19. The Labute approximate surface area is 154 Å². The van der Waals surface area contributed by atoms with Gasteiger partial charge < -0.3 is 5.32 Å². The number of tetrazole rings is 1. The normalized spacial score (nSPS) is 18.7. The number of carbonyl (C=O) groups is 1. The average molecular weight is 356 g/mol. The van der Waals surface area contributed by atoms with Gasteiger partial charge >= 0.3 is 0 Å². The fourth-order valence-electron chi connectivity index (χ4n) is 3.52. The number of piperidine rings is 1. The molecule has 1 amide bonds. The quantitative estimate of drug-likeness (QED) is 0.858. The zero-order valence-corrected chi connectivity index (χ0v) is 15.9. The first-order chi connectivity index (χ1) is 12.4. The highest BCUT2D eigenvalue weighted by Gasteiger charge is 2.28. The van der Waals surface area contributed by atoms with Gasteiger partial charge in [-0.3, -0.25) is 9.69 Å². The van der Waals surface area contributed by atoms with Crippen LogP contribution >= 0.6 is 0 Å². The molecule has 2 aromatic rings. The Balaban J connectivity index is 1.57. The Kier molecular flexibility index (Phi) is 5.66. The minimum absolute atomic E-state index is 0.0337. The van der Waals surface area contributed by atoms with E-state index in [2.05, 4.69) is 46.5 Å². The van der Waals surface area contributed by atoms with E-state index in [1.54, 1.807) is 11.0 Å². The number of carbonyl (C=O) groups excluding carboxylic acids is 1. The van der Waals surface area contributed by atoms with E-state index in [9.17, 15) is 4.79 Å². The summed E-state index contributed by atoms with van der Waals surface area (Å²) in [5.74, 6) is -0.0337. The topological polar surface area (TPSA) is 75.9 Å². The van der Waals surface area contributed by atoms with Crippen LogP contribution in [-0.4, -0.2) is 55.7 Å². The molecule has 1 saturated heterocycles. The molecular weight excluding hydrogens is 328 g/mol. The predicted octanol–water partition coefficient (Wildman–Crippen LogP) is 2.10. The molecule has 0 saturated carbocycles. The summed E-state index contributed by atoms with van der Waals surface area (Å²) in [4.78, 5) is 15.1. The van der Waals surface area contributed by atoms with Crippen molar-refractivity contribution in [3.05, 3.63) is 41.7 Å². The number of amides is 1. The Morgan fingerprint density at radius 1 is 1.27 bits per heavy atom. The van der Waals surface area contributed by atoms with Crippen LogP contribution in [0.5, 0.6) is 0 Å². The Bertz CT molecular complexity index is 710. The van der Waals surface area contributed by atoms with Gasteiger partial charge in [0.05, 0.1) is 6.54 Å². The first-order valence-electron chi connectivity index (χ1n) is 9.29. The monoisotopic (exact) mass is 356 g/mol. The summed E-state index contributed by atoms with van der Waals surface area (Å²) in [6, 6.07) is 8.18. The SMILES string of the molecule is CC1CCCCN1CC(C)(C)NC(=O)c1ccc(Cn2cnnn2)cc1. The molecule has 0 bridgehead atoms. The van der Waals surface area contributed by atoms with Gasteiger partial charge in [-0.25, -0.2) is 4.68 Å². The molecule has 26 heavy (non-hydrogen) atoms. The third-order valence-corrected chi connectivity index (χ3v) is 4.94. The number of aromatic nitrogens is 4. The van der Waals surface area contributed by atoms with Crippen LogP contribution in [0.2, 0.25) is 0 Å². The van der Waals surface area contributed by atoms with Crippen molar-refractivity contribution in [3.63, 3.8) is 0 Å². The van der Waals surface area contributed by atoms with E-state index in [0.717, 1.165) is 18.7 Å². The van der Waals surface area contributed by atoms with Crippen LogP contribution in [0, 0.1) is 0 Å². The molecule has 1 atom stereocenters. The second kappa shape index (κ2) is 7.95. The number of benzene rings is 1. The summed E-state index contributed by atoms with van der Waals surface area (Å²) >= 11 is 0. The lowest BCUT2D eigenvalue weighted by molar-refractivity contribution is 0.0834. The van der Waals surface area contributed by atoms with Crippen LogP contribution in [0.3, 0.4) is 0 Å². The highest BCUT2D eigenvalue weighted by molar-refractivity contribution is 5.94. The lowest BCUT2D eigenvalue weighted by Crippen LogP contribution is -2.54. The lowest BCUT2D eigenvalue weighted by atomic mass is 9.98. The third-order valence-electron chi connectivity index (χ3n) is 4.94. The van der Waals surface area contributed by atoms with Gasteiger partial charge in [0, 0.05) is 23.7 Å². The minimum atomic E-state index is -0.270. The summed E-state index contributed by atoms with van der Waals surface area (Å²) in [5, 5.41) is 14.3. The van der Waals surface area contributed by atoms with E-state index >= 15 is 0 Å². The molecular formula is C19H28N6O. The van der Waals surface area contributed by atoms with Gasteiger partial charge in [-0.15, -0.1) is 5.10 Å². The molecule has 2 heterocycles. The van der Waals surface area contributed by atoms with Gasteiger partial charge in [-0.05, 0) is 68.3 Å². The first kappa shape index (κ1) is 18.5. The number of nitrogens with one attached hydrogen (secondary N) is 1. The molecule has 140 valence electrons. The van der Waals surface area contributed by atoms with Crippen molar-refractivity contribution in [3.8, 4) is 0 Å². The second-order valence-electron chi connectivity index (χ2n) is 7.86. The number of rotatable bonds is 6. The maximum Gasteiger partial charge on any atom is 0.251 e. The van der Waals surface area contributed by atoms with Crippen molar-refractivity contribution in [2.75, 3.05) is 13.1 Å². The molecule has 3 rings (SSSR count). The van der Waals surface area contributed by atoms with Crippen LogP contribution in [0.15, 0.2) is 30.6 Å². The molecule has 7 heteroatoms. The van der Waals surface area contributed by atoms with Crippen LogP contribution in [0.4, 0.5) is 0 Å². The van der Waals surface area contributed by atoms with Crippen molar-refractivity contribution in [1.82, 2.24) is 30.4 Å². The summed E-state index contributed by atoms with van der Waals surface area (Å²) in [6.45, 7) is 9.05.